The Balaban J connectivity index is 1.71. The molecule has 0 radical (unpaired) electrons. The summed E-state index contributed by atoms with van der Waals surface area (Å²) in [4.78, 5) is 35.5. The Bertz CT molecular complexity index is 1090. The number of ether oxygens (including phenoxy) is 1. The maximum Gasteiger partial charge on any atom is 0.341 e. The van der Waals surface area contributed by atoms with Crippen LogP contribution in [0.4, 0.5) is 5.00 Å². The van der Waals surface area contributed by atoms with Crippen molar-refractivity contribution in [2.45, 2.75) is 59.0 Å². The van der Waals surface area contributed by atoms with Gasteiger partial charge in [0.05, 0.1) is 11.7 Å². The molecule has 29 heavy (non-hydrogen) atoms. The van der Waals surface area contributed by atoms with Crippen LogP contribution in [-0.2, 0) is 17.6 Å². The van der Waals surface area contributed by atoms with Crippen LogP contribution in [0.2, 0.25) is 0 Å². The van der Waals surface area contributed by atoms with Crippen molar-refractivity contribution in [2.24, 2.45) is 0 Å². The van der Waals surface area contributed by atoms with E-state index in [2.05, 4.69) is 20.4 Å². The highest BCUT2D eigenvalue weighted by molar-refractivity contribution is 7.17. The zero-order valence-corrected chi connectivity index (χ0v) is 17.5. The molecule has 1 aliphatic rings. The van der Waals surface area contributed by atoms with E-state index in [4.69, 9.17) is 4.74 Å². The third kappa shape index (κ3) is 3.74. The zero-order chi connectivity index (χ0) is 20.5. The number of carbonyl (C=O) groups is 2. The van der Waals surface area contributed by atoms with E-state index in [0.717, 1.165) is 42.5 Å². The summed E-state index contributed by atoms with van der Waals surface area (Å²) in [5.74, 6) is -0.370. The molecule has 1 atom stereocenters. The molecular formula is C20H23N5O3S. The highest BCUT2D eigenvalue weighted by atomic mass is 32.1. The number of hydrogen-bond acceptors (Lipinski definition) is 7. The van der Waals surface area contributed by atoms with Gasteiger partial charge in [-0.05, 0) is 57.6 Å². The molecule has 3 aromatic heterocycles. The van der Waals surface area contributed by atoms with Gasteiger partial charge in [-0.1, -0.05) is 6.92 Å². The Labute approximate surface area is 172 Å². The quantitative estimate of drug-likeness (QED) is 0.642. The summed E-state index contributed by atoms with van der Waals surface area (Å²) in [5.41, 5.74) is 2.50. The number of anilines is 1. The van der Waals surface area contributed by atoms with E-state index in [9.17, 15) is 9.59 Å². The van der Waals surface area contributed by atoms with E-state index < -0.39 is 0 Å². The Hall–Kier alpha value is -2.81. The Morgan fingerprint density at radius 3 is 2.93 bits per heavy atom. The Morgan fingerprint density at radius 2 is 2.14 bits per heavy atom. The van der Waals surface area contributed by atoms with Gasteiger partial charge in [-0.3, -0.25) is 4.79 Å². The van der Waals surface area contributed by atoms with E-state index in [1.54, 1.807) is 13.0 Å². The van der Waals surface area contributed by atoms with E-state index in [1.165, 1.54) is 22.2 Å². The Morgan fingerprint density at radius 1 is 1.34 bits per heavy atom. The minimum Gasteiger partial charge on any atom is -0.459 e. The molecule has 0 spiro atoms. The number of rotatable bonds is 5. The maximum absolute atomic E-state index is 13.1. The lowest BCUT2D eigenvalue weighted by Crippen LogP contribution is -2.20. The van der Waals surface area contributed by atoms with Gasteiger partial charge >= 0.3 is 5.97 Å². The number of thiophene rings is 1. The second kappa shape index (κ2) is 7.90. The molecule has 152 valence electrons. The van der Waals surface area contributed by atoms with Crippen LogP contribution in [0.3, 0.4) is 0 Å². The maximum atomic E-state index is 13.1. The highest BCUT2D eigenvalue weighted by Crippen LogP contribution is 2.39. The van der Waals surface area contributed by atoms with Crippen molar-refractivity contribution in [3.05, 3.63) is 39.8 Å². The first kappa shape index (κ1) is 19.5. The van der Waals surface area contributed by atoms with Gasteiger partial charge in [-0.15, -0.1) is 11.3 Å². The zero-order valence-electron chi connectivity index (χ0n) is 16.7. The van der Waals surface area contributed by atoms with Gasteiger partial charge in [0, 0.05) is 10.6 Å². The van der Waals surface area contributed by atoms with Crippen molar-refractivity contribution in [3.63, 3.8) is 0 Å². The third-order valence-corrected chi connectivity index (χ3v) is 6.31. The van der Waals surface area contributed by atoms with Crippen molar-refractivity contribution in [2.75, 3.05) is 5.32 Å². The molecule has 0 saturated carbocycles. The number of hydrogen-bond donors (Lipinski definition) is 1. The van der Waals surface area contributed by atoms with Gasteiger partial charge < -0.3 is 10.1 Å². The smallest absolute Gasteiger partial charge is 0.341 e. The molecule has 0 aromatic carbocycles. The van der Waals surface area contributed by atoms with Gasteiger partial charge in [-0.2, -0.15) is 14.6 Å². The number of aryl methyl sites for hydroxylation is 2. The fourth-order valence-electron chi connectivity index (χ4n) is 3.45. The van der Waals surface area contributed by atoms with Crippen LogP contribution in [-0.4, -0.2) is 37.6 Å². The molecule has 0 aliphatic heterocycles. The number of fused-ring (bicyclic) bond motifs is 2. The molecule has 3 aromatic rings. The van der Waals surface area contributed by atoms with Crippen LogP contribution in [0.25, 0.3) is 5.78 Å². The minimum absolute atomic E-state index is 0.178. The van der Waals surface area contributed by atoms with Crippen molar-refractivity contribution < 1.29 is 14.3 Å². The lowest BCUT2D eigenvalue weighted by molar-refractivity contribution is 0.0335. The van der Waals surface area contributed by atoms with Crippen molar-refractivity contribution in [1.82, 2.24) is 19.6 Å². The molecule has 0 fully saturated rings. The van der Waals surface area contributed by atoms with Gasteiger partial charge in [0.2, 0.25) is 0 Å². The molecule has 3 heterocycles. The summed E-state index contributed by atoms with van der Waals surface area (Å²) in [6.45, 7) is 5.64. The lowest BCUT2D eigenvalue weighted by atomic mass is 9.95. The van der Waals surface area contributed by atoms with Crippen LogP contribution in [0.1, 0.15) is 70.1 Å². The van der Waals surface area contributed by atoms with E-state index >= 15 is 0 Å². The number of nitrogens with zero attached hydrogens (tertiary/aromatic N) is 4. The van der Waals surface area contributed by atoms with Crippen LogP contribution in [0.5, 0.6) is 0 Å². The summed E-state index contributed by atoms with van der Waals surface area (Å²) in [7, 11) is 0. The number of carbonyl (C=O) groups excluding carboxylic acids is 2. The summed E-state index contributed by atoms with van der Waals surface area (Å²) in [6, 6.07) is 1.65. The molecule has 0 saturated heterocycles. The van der Waals surface area contributed by atoms with E-state index in [-0.39, 0.29) is 18.0 Å². The summed E-state index contributed by atoms with van der Waals surface area (Å²) in [6.07, 6.45) is 5.78. The first-order valence-electron chi connectivity index (χ1n) is 9.82. The fraction of sp³-hybridized carbons (Fsp3) is 0.450. The monoisotopic (exact) mass is 413 g/mol. The molecule has 4 rings (SSSR count). The number of nitrogens with one attached hydrogen (secondary N) is 1. The average Bonchev–Trinajstić information content (AvgIpc) is 3.30. The first-order chi connectivity index (χ1) is 14.0. The molecule has 1 aliphatic carbocycles. The molecule has 8 nitrogen and oxygen atoms in total. The van der Waals surface area contributed by atoms with Gasteiger partial charge in [0.1, 0.15) is 17.0 Å². The molecule has 1 N–H and O–H groups in total. The van der Waals surface area contributed by atoms with E-state index in [0.29, 0.717) is 27.7 Å². The highest BCUT2D eigenvalue weighted by Gasteiger charge is 2.29. The topological polar surface area (TPSA) is 98.5 Å². The third-order valence-electron chi connectivity index (χ3n) is 5.10. The minimum atomic E-state index is -0.370. The molecule has 9 heteroatoms. The SMILES string of the molecule is CC[C@H](C)OC(=O)c1c(NC(=O)c2cc(C)nc3ncnn23)sc2c1CCCC2. The van der Waals surface area contributed by atoms with Crippen LogP contribution in [0, 0.1) is 6.92 Å². The number of amides is 1. The Kier molecular flexibility index (Phi) is 5.31. The van der Waals surface area contributed by atoms with Gasteiger partial charge in [-0.25, -0.2) is 9.78 Å². The predicted molar refractivity (Wildman–Crippen MR) is 110 cm³/mol. The number of esters is 1. The van der Waals surface area contributed by atoms with Crippen LogP contribution < -0.4 is 5.32 Å². The van der Waals surface area contributed by atoms with Gasteiger partial charge in [0.25, 0.3) is 11.7 Å². The first-order valence-corrected chi connectivity index (χ1v) is 10.6. The molecular weight excluding hydrogens is 390 g/mol. The summed E-state index contributed by atoms with van der Waals surface area (Å²) < 4.78 is 6.99. The van der Waals surface area contributed by atoms with Crippen LogP contribution in [0.15, 0.2) is 12.4 Å². The van der Waals surface area contributed by atoms with Crippen molar-refractivity contribution >= 4 is 34.0 Å². The molecule has 0 bridgehead atoms. The van der Waals surface area contributed by atoms with Gasteiger partial charge in [0.15, 0.2) is 0 Å². The van der Waals surface area contributed by atoms with Crippen LogP contribution >= 0.6 is 11.3 Å². The number of aromatic nitrogens is 4. The fourth-order valence-corrected chi connectivity index (χ4v) is 4.73. The van der Waals surface area contributed by atoms with Crippen molar-refractivity contribution in [3.8, 4) is 0 Å². The largest absolute Gasteiger partial charge is 0.459 e. The summed E-state index contributed by atoms with van der Waals surface area (Å²) in [5, 5.41) is 7.56. The second-order valence-corrected chi connectivity index (χ2v) is 8.35. The van der Waals surface area contributed by atoms with E-state index in [1.807, 2.05) is 13.8 Å². The second-order valence-electron chi connectivity index (χ2n) is 7.25. The summed E-state index contributed by atoms with van der Waals surface area (Å²) >= 11 is 1.47. The molecule has 0 unspecified atom stereocenters. The molecule has 1 amide bonds. The lowest BCUT2D eigenvalue weighted by Gasteiger charge is -2.15. The normalized spacial score (nSPS) is 14.4. The predicted octanol–water partition coefficient (Wildman–Crippen LogP) is 3.58. The van der Waals surface area contributed by atoms with Crippen molar-refractivity contribution in [1.29, 1.82) is 0 Å². The standard InChI is InChI=1S/C20H23N5O3S/c1-4-12(3)28-19(27)16-13-7-5-6-8-15(13)29-18(16)24-17(26)14-9-11(2)23-20-21-10-22-25(14)20/h9-10,12H,4-8H2,1-3H3,(H,24,26)/t12-/m0/s1. The average molecular weight is 414 g/mol.